The van der Waals surface area contributed by atoms with Gasteiger partial charge in [-0.3, -0.25) is 4.57 Å². The first-order chi connectivity index (χ1) is 8.43. The van der Waals surface area contributed by atoms with E-state index in [4.69, 9.17) is 47.0 Å². The molecular formula is C9H5Cl3FN3OS. The molecule has 0 bridgehead atoms. The Balaban J connectivity index is 2.59. The number of thiocarbonyl (C=S) groups is 1. The predicted molar refractivity (Wildman–Crippen MR) is 72.2 cm³/mol. The topological polar surface area (TPSA) is 39.8 Å². The van der Waals surface area contributed by atoms with E-state index in [2.05, 4.69) is 5.10 Å². The van der Waals surface area contributed by atoms with Crippen LogP contribution in [0.1, 0.15) is 16.7 Å². The second kappa shape index (κ2) is 5.13. The van der Waals surface area contributed by atoms with Gasteiger partial charge in [0.25, 0.3) is 0 Å². The smallest absolute Gasteiger partial charge is 0.262 e. The van der Waals surface area contributed by atoms with E-state index in [-0.39, 0.29) is 15.6 Å². The molecule has 0 N–H and O–H groups in total. The normalized spacial score (nSPS) is 19.5. The van der Waals surface area contributed by atoms with Crippen molar-refractivity contribution in [2.75, 3.05) is 0 Å². The van der Waals surface area contributed by atoms with E-state index in [9.17, 15) is 9.28 Å². The van der Waals surface area contributed by atoms with E-state index < -0.39 is 16.6 Å². The molecule has 9 heteroatoms. The highest BCUT2D eigenvalue weighted by atomic mass is 35.5. The molecule has 1 unspecified atom stereocenters. The molecule has 1 heterocycles. The van der Waals surface area contributed by atoms with E-state index in [0.717, 1.165) is 4.57 Å². The molecule has 0 saturated heterocycles. The van der Waals surface area contributed by atoms with Crippen LogP contribution in [0.2, 0.25) is 0 Å². The Kier molecular flexibility index (Phi) is 3.91. The van der Waals surface area contributed by atoms with Crippen molar-refractivity contribution in [3.05, 3.63) is 39.6 Å². The molecule has 0 amide bonds. The van der Waals surface area contributed by atoms with Gasteiger partial charge in [-0.25, -0.2) is 4.79 Å². The number of alkyl halides is 2. The van der Waals surface area contributed by atoms with E-state index in [0.29, 0.717) is 5.03 Å². The molecule has 1 aliphatic carbocycles. The lowest BCUT2D eigenvalue weighted by molar-refractivity contribution is 0.297. The number of hydrogen-bond acceptors (Lipinski definition) is 3. The summed E-state index contributed by atoms with van der Waals surface area (Å²) in [5.74, 6) is -0.130. The third-order valence-corrected chi connectivity index (χ3v) is 3.61. The zero-order valence-corrected chi connectivity index (χ0v) is 11.6. The maximum Gasteiger partial charge on any atom is 0.376 e. The van der Waals surface area contributed by atoms with Gasteiger partial charge in [-0.15, -0.1) is 5.10 Å². The Bertz CT molecular complexity index is 619. The number of rotatable bonds is 2. The number of halogens is 4. The third kappa shape index (κ3) is 2.25. The van der Waals surface area contributed by atoms with Gasteiger partial charge in [0.05, 0.1) is 15.9 Å². The van der Waals surface area contributed by atoms with Crippen LogP contribution in [-0.4, -0.2) is 19.4 Å². The third-order valence-electron chi connectivity index (χ3n) is 2.31. The van der Waals surface area contributed by atoms with Gasteiger partial charge in [-0.2, -0.15) is 0 Å². The molecule has 2 rings (SSSR count). The lowest BCUT2D eigenvalue weighted by Gasteiger charge is -2.18. The van der Waals surface area contributed by atoms with Gasteiger partial charge >= 0.3 is 5.69 Å². The SMILES string of the molecule is O=c1n(F)nc(C(Cl)Cl)n1C1C=CC=C(Cl)C1=S. The Morgan fingerprint density at radius 2 is 2.17 bits per heavy atom. The summed E-state index contributed by atoms with van der Waals surface area (Å²) in [5, 5.41) is 3.62. The lowest BCUT2D eigenvalue weighted by Crippen LogP contribution is -2.30. The fourth-order valence-corrected chi connectivity index (χ4v) is 2.27. The Morgan fingerprint density at radius 1 is 1.50 bits per heavy atom. The van der Waals surface area contributed by atoms with Crippen LogP contribution in [0.15, 0.2) is 28.1 Å². The average molecular weight is 329 g/mol. The van der Waals surface area contributed by atoms with E-state index in [1.807, 2.05) is 0 Å². The molecule has 0 aromatic carbocycles. The maximum atomic E-state index is 13.2. The highest BCUT2D eigenvalue weighted by molar-refractivity contribution is 7.81. The summed E-state index contributed by atoms with van der Waals surface area (Å²) in [5.41, 5.74) is -1.01. The molecule has 0 radical (unpaired) electrons. The van der Waals surface area contributed by atoms with Crippen molar-refractivity contribution in [1.82, 2.24) is 14.6 Å². The van der Waals surface area contributed by atoms with Crippen molar-refractivity contribution in [3.8, 4) is 0 Å². The van der Waals surface area contributed by atoms with Crippen molar-refractivity contribution in [2.45, 2.75) is 10.9 Å². The van der Waals surface area contributed by atoms with Crippen LogP contribution >= 0.6 is 47.0 Å². The largest absolute Gasteiger partial charge is 0.376 e. The summed E-state index contributed by atoms with van der Waals surface area (Å²) in [7, 11) is 0. The minimum absolute atomic E-state index is 0.130. The van der Waals surface area contributed by atoms with Crippen molar-refractivity contribution in [1.29, 1.82) is 0 Å². The first kappa shape index (κ1) is 13.7. The van der Waals surface area contributed by atoms with Gasteiger partial charge in [-0.1, -0.05) is 63.7 Å². The van der Waals surface area contributed by atoms with Crippen LogP contribution in [0.5, 0.6) is 0 Å². The summed E-state index contributed by atoms with van der Waals surface area (Å²) in [4.78, 5) is 10.4. The van der Waals surface area contributed by atoms with Gasteiger partial charge in [-0.05, 0) is 11.0 Å². The number of nitrogens with zero attached hydrogens (tertiary/aromatic N) is 3. The molecule has 1 atom stereocenters. The van der Waals surface area contributed by atoms with Crippen molar-refractivity contribution in [3.63, 3.8) is 0 Å². The molecule has 1 aromatic rings. The number of allylic oxidation sites excluding steroid dienone is 4. The van der Waals surface area contributed by atoms with Gasteiger partial charge < -0.3 is 0 Å². The zero-order valence-electron chi connectivity index (χ0n) is 8.56. The highest BCUT2D eigenvalue weighted by Gasteiger charge is 2.28. The summed E-state index contributed by atoms with van der Waals surface area (Å²) in [6.07, 6.45) is 4.76. The molecule has 0 spiro atoms. The van der Waals surface area contributed by atoms with Crippen molar-refractivity contribution < 1.29 is 4.48 Å². The minimum atomic E-state index is -1.16. The molecule has 0 saturated carbocycles. The molecule has 1 aromatic heterocycles. The van der Waals surface area contributed by atoms with Crippen LogP contribution in [0.3, 0.4) is 0 Å². The van der Waals surface area contributed by atoms with Gasteiger partial charge in [0.1, 0.15) is 0 Å². The molecule has 4 nitrogen and oxygen atoms in total. The van der Waals surface area contributed by atoms with Gasteiger partial charge in [0.2, 0.25) is 0 Å². The minimum Gasteiger partial charge on any atom is -0.262 e. The Hall–Kier alpha value is -0.690. The van der Waals surface area contributed by atoms with Crippen LogP contribution in [0.25, 0.3) is 0 Å². The second-order valence-electron chi connectivity index (χ2n) is 3.38. The van der Waals surface area contributed by atoms with E-state index in [1.165, 1.54) is 0 Å². The fourth-order valence-electron chi connectivity index (χ4n) is 1.54. The predicted octanol–water partition coefficient (Wildman–Crippen LogP) is 2.86. The first-order valence-electron chi connectivity index (χ1n) is 4.67. The standard InChI is InChI=1S/C9H5Cl3FN3OS/c10-4-2-1-3-5(6(4)18)15-8(7(11)12)14-16(13)9(15)17/h1-3,5,7H. The van der Waals surface area contributed by atoms with Crippen LogP contribution in [0, 0.1) is 0 Å². The van der Waals surface area contributed by atoms with Crippen molar-refractivity contribution in [2.24, 2.45) is 0 Å². The molecule has 96 valence electrons. The molecule has 1 aliphatic rings. The molecule has 0 fully saturated rings. The summed E-state index contributed by atoms with van der Waals surface area (Å²) < 4.78 is 14.2. The summed E-state index contributed by atoms with van der Waals surface area (Å²) >= 11 is 22.2. The first-order valence-corrected chi connectivity index (χ1v) is 6.33. The zero-order chi connectivity index (χ0) is 13.4. The number of hydrogen-bond donors (Lipinski definition) is 0. The van der Waals surface area contributed by atoms with E-state index in [1.54, 1.807) is 18.2 Å². The maximum absolute atomic E-state index is 13.2. The quantitative estimate of drug-likeness (QED) is 0.619. The fraction of sp³-hybridized carbons (Fsp3) is 0.222. The Labute approximate surface area is 121 Å². The van der Waals surface area contributed by atoms with Crippen LogP contribution in [-0.2, 0) is 0 Å². The average Bonchev–Trinajstić information content (AvgIpc) is 2.60. The lowest BCUT2D eigenvalue weighted by atomic mass is 10.1. The van der Waals surface area contributed by atoms with Crippen LogP contribution < -0.4 is 5.69 Å². The Morgan fingerprint density at radius 3 is 2.78 bits per heavy atom. The molecule has 0 aliphatic heterocycles. The van der Waals surface area contributed by atoms with Crippen LogP contribution in [0.4, 0.5) is 4.48 Å². The summed E-state index contributed by atoms with van der Waals surface area (Å²) in [6.45, 7) is 0. The second-order valence-corrected chi connectivity index (χ2v) is 5.32. The van der Waals surface area contributed by atoms with Crippen molar-refractivity contribution >= 4 is 51.9 Å². The monoisotopic (exact) mass is 327 g/mol. The van der Waals surface area contributed by atoms with E-state index >= 15 is 0 Å². The van der Waals surface area contributed by atoms with Gasteiger partial charge in [0, 0.05) is 0 Å². The number of aromatic nitrogens is 3. The molecule has 18 heavy (non-hydrogen) atoms. The van der Waals surface area contributed by atoms with Gasteiger partial charge in [0.15, 0.2) is 10.7 Å². The summed E-state index contributed by atoms with van der Waals surface area (Å²) in [6, 6.07) is -0.732. The molecular weight excluding hydrogens is 324 g/mol. The highest BCUT2D eigenvalue weighted by Crippen LogP contribution is 2.28.